The van der Waals surface area contributed by atoms with Crippen molar-refractivity contribution in [1.82, 2.24) is 9.88 Å². The molecule has 0 N–H and O–H groups in total. The van der Waals surface area contributed by atoms with Crippen molar-refractivity contribution in [2.24, 2.45) is 0 Å². The molecule has 1 aromatic heterocycles. The van der Waals surface area contributed by atoms with E-state index < -0.39 is 0 Å². The topological polar surface area (TPSA) is 33.2 Å². The summed E-state index contributed by atoms with van der Waals surface area (Å²) in [5, 5.41) is 1.19. The van der Waals surface area contributed by atoms with Crippen LogP contribution >= 0.6 is 11.3 Å². The zero-order valence-corrected chi connectivity index (χ0v) is 13.0. The quantitative estimate of drug-likeness (QED) is 0.831. The third-order valence-corrected chi connectivity index (χ3v) is 4.79. The Kier molecular flexibility index (Phi) is 5.11. The van der Waals surface area contributed by atoms with Gasteiger partial charge in [-0.05, 0) is 40.2 Å². The number of piperidine rings is 1. The zero-order chi connectivity index (χ0) is 13.8. The Labute approximate surface area is 120 Å². The summed E-state index contributed by atoms with van der Waals surface area (Å²) in [5.74, 6) is 0.219. The molecule has 3 nitrogen and oxygen atoms in total. The summed E-state index contributed by atoms with van der Waals surface area (Å²) in [4.78, 5) is 19.3. The summed E-state index contributed by atoms with van der Waals surface area (Å²) >= 11 is 1.71. The van der Waals surface area contributed by atoms with Crippen LogP contribution in [0, 0.1) is 0 Å². The lowest BCUT2D eigenvalue weighted by atomic mass is 9.98. The Morgan fingerprint density at radius 1 is 1.53 bits per heavy atom. The van der Waals surface area contributed by atoms with Crippen molar-refractivity contribution in [3.8, 4) is 0 Å². The summed E-state index contributed by atoms with van der Waals surface area (Å²) in [6.07, 6.45) is 7.39. The first-order chi connectivity index (χ1) is 9.06. The summed E-state index contributed by atoms with van der Waals surface area (Å²) in [6, 6.07) is 1.24. The van der Waals surface area contributed by atoms with Crippen LogP contribution in [0.5, 0.6) is 0 Å². The van der Waals surface area contributed by atoms with Gasteiger partial charge in [-0.15, -0.1) is 11.3 Å². The van der Waals surface area contributed by atoms with E-state index in [0.717, 1.165) is 11.3 Å². The van der Waals surface area contributed by atoms with Crippen LogP contribution in [-0.4, -0.2) is 34.3 Å². The van der Waals surface area contributed by atoms with Gasteiger partial charge in [-0.3, -0.25) is 9.69 Å². The Bertz CT molecular complexity index is 428. The van der Waals surface area contributed by atoms with Gasteiger partial charge in [0.25, 0.3) is 0 Å². The number of Topliss-reactive ketones (excluding diaryl/α,β-unsaturated/α-hetero) is 1. The average molecular weight is 280 g/mol. The van der Waals surface area contributed by atoms with Gasteiger partial charge < -0.3 is 0 Å². The highest BCUT2D eigenvalue weighted by atomic mass is 32.1. The van der Waals surface area contributed by atoms with E-state index >= 15 is 0 Å². The molecule has 0 aromatic carbocycles. The van der Waals surface area contributed by atoms with E-state index in [4.69, 9.17) is 0 Å². The van der Waals surface area contributed by atoms with Gasteiger partial charge in [-0.1, -0.05) is 6.42 Å². The minimum atomic E-state index is 0.219. The lowest BCUT2D eigenvalue weighted by Crippen LogP contribution is -2.44. The molecular weight excluding hydrogens is 256 g/mol. The lowest BCUT2D eigenvalue weighted by Gasteiger charge is -2.38. The van der Waals surface area contributed by atoms with Crippen molar-refractivity contribution in [1.29, 1.82) is 0 Å². The molecule has 2 heterocycles. The van der Waals surface area contributed by atoms with Crippen molar-refractivity contribution in [2.45, 2.75) is 65.0 Å². The van der Waals surface area contributed by atoms with Crippen molar-refractivity contribution < 1.29 is 4.79 Å². The lowest BCUT2D eigenvalue weighted by molar-refractivity contribution is -0.116. The minimum Gasteiger partial charge on any atom is -0.300 e. The number of ketones is 1. The molecule has 1 aromatic rings. The van der Waals surface area contributed by atoms with Gasteiger partial charge in [0.05, 0.1) is 5.01 Å². The fourth-order valence-corrected chi connectivity index (χ4v) is 3.96. The van der Waals surface area contributed by atoms with Crippen LogP contribution in [0.15, 0.2) is 6.20 Å². The maximum absolute atomic E-state index is 11.1. The van der Waals surface area contributed by atoms with Gasteiger partial charge in [-0.25, -0.2) is 4.98 Å². The van der Waals surface area contributed by atoms with Crippen LogP contribution in [-0.2, 0) is 17.6 Å². The van der Waals surface area contributed by atoms with Crippen LogP contribution in [0.4, 0.5) is 0 Å². The average Bonchev–Trinajstić information content (AvgIpc) is 2.76. The molecule has 1 unspecified atom stereocenters. The van der Waals surface area contributed by atoms with E-state index in [9.17, 15) is 4.79 Å². The van der Waals surface area contributed by atoms with Crippen molar-refractivity contribution in [2.75, 3.05) is 6.54 Å². The SMILES string of the molecule is CC(=O)Cc1cnc(CC2CCCCN2C(C)C)s1. The Hall–Kier alpha value is -0.740. The predicted octanol–water partition coefficient (Wildman–Crippen LogP) is 3.08. The third-order valence-electron chi connectivity index (χ3n) is 3.77. The van der Waals surface area contributed by atoms with Crippen LogP contribution < -0.4 is 0 Å². The normalized spacial score (nSPS) is 20.9. The molecule has 1 saturated heterocycles. The highest BCUT2D eigenvalue weighted by Crippen LogP contribution is 2.24. The number of carbonyl (C=O) groups is 1. The number of carbonyl (C=O) groups excluding carboxylic acids is 1. The molecule has 0 spiro atoms. The molecule has 19 heavy (non-hydrogen) atoms. The molecule has 1 aliphatic heterocycles. The Balaban J connectivity index is 1.98. The smallest absolute Gasteiger partial charge is 0.135 e. The highest BCUT2D eigenvalue weighted by Gasteiger charge is 2.25. The van der Waals surface area contributed by atoms with Crippen LogP contribution in [0.25, 0.3) is 0 Å². The van der Waals surface area contributed by atoms with Gasteiger partial charge in [0, 0.05) is 36.0 Å². The van der Waals surface area contributed by atoms with Crippen LogP contribution in [0.2, 0.25) is 0 Å². The maximum Gasteiger partial charge on any atom is 0.135 e. The summed E-state index contributed by atoms with van der Waals surface area (Å²) in [7, 11) is 0. The van der Waals surface area contributed by atoms with Crippen LogP contribution in [0.1, 0.15) is 49.9 Å². The predicted molar refractivity (Wildman–Crippen MR) is 79.7 cm³/mol. The fraction of sp³-hybridized carbons (Fsp3) is 0.733. The number of aromatic nitrogens is 1. The molecule has 0 amide bonds. The van der Waals surface area contributed by atoms with Crippen molar-refractivity contribution in [3.63, 3.8) is 0 Å². The molecule has 0 saturated carbocycles. The van der Waals surface area contributed by atoms with E-state index in [1.54, 1.807) is 18.3 Å². The Morgan fingerprint density at radius 3 is 3.00 bits per heavy atom. The molecule has 0 bridgehead atoms. The first-order valence-electron chi connectivity index (χ1n) is 7.25. The summed E-state index contributed by atoms with van der Waals surface area (Å²) in [5.41, 5.74) is 0. The maximum atomic E-state index is 11.1. The van der Waals surface area contributed by atoms with Gasteiger partial charge in [0.1, 0.15) is 5.78 Å². The first-order valence-corrected chi connectivity index (χ1v) is 8.06. The fourth-order valence-electron chi connectivity index (χ4n) is 2.89. The number of likely N-dealkylation sites (tertiary alicyclic amines) is 1. The van der Waals surface area contributed by atoms with E-state index in [1.165, 1.54) is 30.8 Å². The molecule has 106 valence electrons. The summed E-state index contributed by atoms with van der Waals surface area (Å²) in [6.45, 7) is 7.41. The second kappa shape index (κ2) is 6.62. The summed E-state index contributed by atoms with van der Waals surface area (Å²) < 4.78 is 0. The molecule has 0 aliphatic carbocycles. The number of nitrogens with zero attached hydrogens (tertiary/aromatic N) is 2. The third kappa shape index (κ3) is 4.11. The molecule has 0 radical (unpaired) electrons. The standard InChI is InChI=1S/C15H24N2OS/c1-11(2)17-7-5-4-6-13(17)9-15-16-10-14(19-15)8-12(3)18/h10-11,13H,4-9H2,1-3H3. The van der Waals surface area contributed by atoms with Gasteiger partial charge in [0.2, 0.25) is 0 Å². The number of rotatable bonds is 5. The van der Waals surface area contributed by atoms with Gasteiger partial charge in [-0.2, -0.15) is 0 Å². The molecule has 1 fully saturated rings. The molecule has 2 rings (SSSR count). The Morgan fingerprint density at radius 2 is 2.32 bits per heavy atom. The number of hydrogen-bond acceptors (Lipinski definition) is 4. The molecule has 1 aliphatic rings. The second-order valence-corrected chi connectivity index (χ2v) is 6.98. The molecular formula is C15H24N2OS. The van der Waals surface area contributed by atoms with E-state index in [2.05, 4.69) is 23.7 Å². The minimum absolute atomic E-state index is 0.219. The van der Waals surface area contributed by atoms with E-state index in [-0.39, 0.29) is 5.78 Å². The second-order valence-electron chi connectivity index (χ2n) is 5.78. The molecule has 1 atom stereocenters. The largest absolute Gasteiger partial charge is 0.300 e. The molecule has 4 heteroatoms. The van der Waals surface area contributed by atoms with Crippen molar-refractivity contribution >= 4 is 17.1 Å². The van der Waals surface area contributed by atoms with E-state index in [0.29, 0.717) is 18.5 Å². The highest BCUT2D eigenvalue weighted by molar-refractivity contribution is 7.11. The number of hydrogen-bond donors (Lipinski definition) is 0. The van der Waals surface area contributed by atoms with Crippen LogP contribution in [0.3, 0.4) is 0 Å². The van der Waals surface area contributed by atoms with Gasteiger partial charge >= 0.3 is 0 Å². The van der Waals surface area contributed by atoms with Crippen molar-refractivity contribution in [3.05, 3.63) is 16.1 Å². The zero-order valence-electron chi connectivity index (χ0n) is 12.2. The first kappa shape index (κ1) is 14.7. The van der Waals surface area contributed by atoms with E-state index in [1.807, 2.05) is 6.20 Å². The van der Waals surface area contributed by atoms with Gasteiger partial charge in [0.15, 0.2) is 0 Å². The monoisotopic (exact) mass is 280 g/mol. The number of thiazole rings is 1.